The Hall–Kier alpha value is -4.30. The van der Waals surface area contributed by atoms with E-state index in [2.05, 4.69) is 20.6 Å². The van der Waals surface area contributed by atoms with E-state index in [0.717, 1.165) is 16.7 Å². The lowest BCUT2D eigenvalue weighted by Gasteiger charge is -2.23. The van der Waals surface area contributed by atoms with Gasteiger partial charge in [-0.05, 0) is 49.9 Å². The molecule has 3 N–H and O–H groups in total. The summed E-state index contributed by atoms with van der Waals surface area (Å²) in [6, 6.07) is 5.25. The number of esters is 1. The Labute approximate surface area is 254 Å². The lowest BCUT2D eigenvalue weighted by molar-refractivity contribution is -0.140. The van der Waals surface area contributed by atoms with E-state index in [1.54, 1.807) is 30.5 Å². The van der Waals surface area contributed by atoms with Crippen molar-refractivity contribution in [2.45, 2.75) is 46.3 Å². The van der Waals surface area contributed by atoms with Crippen LogP contribution in [0.15, 0.2) is 46.8 Å². The first-order valence-electron chi connectivity index (χ1n) is 13.9. The van der Waals surface area contributed by atoms with Gasteiger partial charge in [0.25, 0.3) is 0 Å². The van der Waals surface area contributed by atoms with Crippen LogP contribution in [0.4, 0.5) is 23.8 Å². The fraction of sp³-hybridized carbons (Fsp3) is 0.367. The molecule has 0 radical (unpaired) electrons. The van der Waals surface area contributed by atoms with E-state index >= 15 is 0 Å². The highest BCUT2D eigenvalue weighted by Gasteiger charge is 2.34. The molecule has 3 aromatic heterocycles. The summed E-state index contributed by atoms with van der Waals surface area (Å²) in [6.45, 7) is 7.45. The summed E-state index contributed by atoms with van der Waals surface area (Å²) in [4.78, 5) is 46.6. The number of ether oxygens (including phenoxy) is 1. The zero-order chi connectivity index (χ0) is 32.2. The van der Waals surface area contributed by atoms with Crippen molar-refractivity contribution in [3.05, 3.63) is 63.5 Å². The number of hydrogen-bond acceptors (Lipinski definition) is 8. The Morgan fingerprint density at radius 2 is 1.91 bits per heavy atom. The van der Waals surface area contributed by atoms with Crippen molar-refractivity contribution >= 4 is 40.1 Å². The molecular weight excluding hydrogens is 599 g/mol. The molecule has 1 aromatic carbocycles. The number of thiazole rings is 1. The van der Waals surface area contributed by atoms with Crippen LogP contribution in [0.2, 0.25) is 0 Å². The van der Waals surface area contributed by atoms with Gasteiger partial charge in [0.1, 0.15) is 16.4 Å². The molecule has 234 valence electrons. The lowest BCUT2D eigenvalue weighted by Crippen LogP contribution is -2.28. The predicted molar refractivity (Wildman–Crippen MR) is 162 cm³/mol. The minimum absolute atomic E-state index is 0.0173. The van der Waals surface area contributed by atoms with Crippen LogP contribution in [0.3, 0.4) is 0 Å². The average molecular weight is 632 g/mol. The number of aliphatic hydroxyl groups is 1. The van der Waals surface area contributed by atoms with Gasteiger partial charge in [-0.15, -0.1) is 11.3 Å². The number of nitrogens with zero attached hydrogens (tertiary/aromatic N) is 3. The van der Waals surface area contributed by atoms with E-state index in [4.69, 9.17) is 4.74 Å². The Morgan fingerprint density at radius 1 is 1.16 bits per heavy atom. The van der Waals surface area contributed by atoms with Gasteiger partial charge in [0.15, 0.2) is 5.69 Å². The average Bonchev–Trinajstić information content (AvgIpc) is 3.48. The van der Waals surface area contributed by atoms with Crippen LogP contribution >= 0.6 is 11.3 Å². The summed E-state index contributed by atoms with van der Waals surface area (Å²) in [6.07, 6.45) is -1.34. The summed E-state index contributed by atoms with van der Waals surface area (Å²) < 4.78 is 47.1. The Kier molecular flexibility index (Phi) is 10.0. The fourth-order valence-electron chi connectivity index (χ4n) is 4.78. The molecule has 4 rings (SSSR count). The number of aromatic nitrogens is 3. The second-order valence-corrected chi connectivity index (χ2v) is 11.2. The maximum Gasteiger partial charge on any atom is 0.434 e. The maximum absolute atomic E-state index is 13.6. The first-order valence-corrected chi connectivity index (χ1v) is 14.8. The molecule has 0 bridgehead atoms. The van der Waals surface area contributed by atoms with E-state index in [-0.39, 0.29) is 46.5 Å². The topological polar surface area (TPSA) is 135 Å². The number of halogens is 3. The SMILES string of the molecule is CCNC(=O)Nc1cc(-c2nc(C(F)(F)F)cs2)c(-c2ccc3c(c2)c(=O)c(C(=O)OCC)cn3C(CO)CC(C)C)cn1. The molecule has 0 fully saturated rings. The van der Waals surface area contributed by atoms with Crippen molar-refractivity contribution < 1.29 is 32.6 Å². The Balaban J connectivity index is 1.96. The number of rotatable bonds is 10. The fourth-order valence-corrected chi connectivity index (χ4v) is 5.64. The van der Waals surface area contributed by atoms with Gasteiger partial charge in [0, 0.05) is 40.8 Å². The number of nitrogens with one attached hydrogen (secondary N) is 2. The van der Waals surface area contributed by atoms with Gasteiger partial charge in [0.2, 0.25) is 5.43 Å². The molecule has 0 saturated heterocycles. The number of aliphatic hydroxyl groups excluding tert-OH is 1. The van der Waals surface area contributed by atoms with E-state index in [1.165, 1.54) is 24.5 Å². The molecule has 10 nitrogen and oxygen atoms in total. The van der Waals surface area contributed by atoms with Crippen LogP contribution < -0.4 is 16.1 Å². The van der Waals surface area contributed by atoms with E-state index in [9.17, 15) is 32.7 Å². The molecule has 1 unspecified atom stereocenters. The monoisotopic (exact) mass is 631 g/mol. The number of carbonyl (C=O) groups excluding carboxylic acids is 2. The number of fused-ring (bicyclic) bond motifs is 1. The third-order valence-electron chi connectivity index (χ3n) is 6.69. The van der Waals surface area contributed by atoms with Gasteiger partial charge in [-0.2, -0.15) is 13.2 Å². The molecule has 0 aliphatic rings. The summed E-state index contributed by atoms with van der Waals surface area (Å²) in [5.41, 5.74) is -0.458. The number of anilines is 1. The standard InChI is InChI=1S/C30H32F3N5O5S/c1-5-34-29(42)37-25-11-19(27-36-24(15-44-27)30(31,32)33)21(12-35-25)17-7-8-23-20(10-17)26(40)22(28(41)43-6-2)13-38(23)18(14-39)9-16(3)4/h7-8,10-13,15-16,18,39H,5-6,9,14H2,1-4H3,(H2,34,35,37,42). The van der Waals surface area contributed by atoms with Gasteiger partial charge in [-0.1, -0.05) is 19.9 Å². The summed E-state index contributed by atoms with van der Waals surface area (Å²) >= 11 is 0.768. The minimum atomic E-state index is -4.67. The minimum Gasteiger partial charge on any atom is -0.462 e. The number of urea groups is 1. The molecule has 1 atom stereocenters. The van der Waals surface area contributed by atoms with Gasteiger partial charge < -0.3 is 19.7 Å². The van der Waals surface area contributed by atoms with Crippen molar-refractivity contribution in [3.8, 4) is 21.7 Å². The number of hydrogen-bond donors (Lipinski definition) is 3. The molecule has 3 heterocycles. The van der Waals surface area contributed by atoms with Gasteiger partial charge in [0.05, 0.1) is 24.8 Å². The van der Waals surface area contributed by atoms with Crippen LogP contribution in [0.5, 0.6) is 0 Å². The largest absolute Gasteiger partial charge is 0.462 e. The quantitative estimate of drug-likeness (QED) is 0.180. The lowest BCUT2D eigenvalue weighted by atomic mass is 9.98. The smallest absolute Gasteiger partial charge is 0.434 e. The molecule has 0 aliphatic carbocycles. The van der Waals surface area contributed by atoms with Crippen LogP contribution in [0.1, 0.15) is 56.2 Å². The highest BCUT2D eigenvalue weighted by molar-refractivity contribution is 7.13. The van der Waals surface area contributed by atoms with Crippen LogP contribution in [-0.2, 0) is 10.9 Å². The molecule has 4 aromatic rings. The third-order valence-corrected chi connectivity index (χ3v) is 7.57. The summed E-state index contributed by atoms with van der Waals surface area (Å²) in [5, 5.41) is 16.4. The summed E-state index contributed by atoms with van der Waals surface area (Å²) in [7, 11) is 0. The highest BCUT2D eigenvalue weighted by Crippen LogP contribution is 2.39. The molecule has 2 amide bonds. The van der Waals surface area contributed by atoms with E-state index < -0.39 is 35.3 Å². The van der Waals surface area contributed by atoms with Crippen LogP contribution in [0.25, 0.3) is 32.6 Å². The highest BCUT2D eigenvalue weighted by atomic mass is 32.1. The van der Waals surface area contributed by atoms with Crippen molar-refractivity contribution in [3.63, 3.8) is 0 Å². The molecule has 0 aliphatic heterocycles. The van der Waals surface area contributed by atoms with Gasteiger partial charge in [-0.3, -0.25) is 10.1 Å². The molecule has 0 spiro atoms. The summed E-state index contributed by atoms with van der Waals surface area (Å²) in [5.74, 6) is -0.553. The van der Waals surface area contributed by atoms with Crippen molar-refractivity contribution in [1.82, 2.24) is 19.9 Å². The number of carbonyl (C=O) groups is 2. The van der Waals surface area contributed by atoms with Crippen LogP contribution in [-0.4, -0.2) is 51.4 Å². The van der Waals surface area contributed by atoms with Crippen molar-refractivity contribution in [2.75, 3.05) is 25.1 Å². The second-order valence-electron chi connectivity index (χ2n) is 10.3. The first-order chi connectivity index (χ1) is 20.9. The molecule has 44 heavy (non-hydrogen) atoms. The second kappa shape index (κ2) is 13.6. The maximum atomic E-state index is 13.6. The molecule has 0 saturated carbocycles. The molecular formula is C30H32F3N5O5S. The number of pyridine rings is 2. The Bertz CT molecular complexity index is 1730. The number of alkyl halides is 3. The zero-order valence-electron chi connectivity index (χ0n) is 24.5. The van der Waals surface area contributed by atoms with Crippen molar-refractivity contribution in [1.29, 1.82) is 0 Å². The van der Waals surface area contributed by atoms with E-state index in [1.807, 2.05) is 13.8 Å². The normalized spacial score (nSPS) is 12.4. The number of benzene rings is 1. The van der Waals surface area contributed by atoms with Gasteiger partial charge >= 0.3 is 18.2 Å². The zero-order valence-corrected chi connectivity index (χ0v) is 25.3. The van der Waals surface area contributed by atoms with E-state index in [0.29, 0.717) is 29.6 Å². The predicted octanol–water partition coefficient (Wildman–Crippen LogP) is 6.10. The first kappa shape index (κ1) is 32.6. The third kappa shape index (κ3) is 7.08. The van der Waals surface area contributed by atoms with Crippen LogP contribution in [0, 0.1) is 5.92 Å². The van der Waals surface area contributed by atoms with Crippen molar-refractivity contribution in [2.24, 2.45) is 5.92 Å². The van der Waals surface area contributed by atoms with Gasteiger partial charge in [-0.25, -0.2) is 19.6 Å². The Morgan fingerprint density at radius 3 is 2.52 bits per heavy atom. The molecule has 14 heteroatoms. The number of amides is 2.